The van der Waals surface area contributed by atoms with E-state index >= 15 is 0 Å². The molecule has 4 heteroatoms. The van der Waals surface area contributed by atoms with Gasteiger partial charge in [0.25, 0.3) is 0 Å². The van der Waals surface area contributed by atoms with E-state index in [0.29, 0.717) is 12.3 Å². The summed E-state index contributed by atoms with van der Waals surface area (Å²) in [7, 11) is 1.69. The molecule has 0 aliphatic heterocycles. The van der Waals surface area contributed by atoms with Crippen molar-refractivity contribution < 1.29 is 4.74 Å². The summed E-state index contributed by atoms with van der Waals surface area (Å²) in [5.41, 5.74) is 9.38. The zero-order chi connectivity index (χ0) is 13.0. The van der Waals surface area contributed by atoms with Crippen molar-refractivity contribution in [2.24, 2.45) is 0 Å². The highest BCUT2D eigenvalue weighted by molar-refractivity contribution is 5.59. The topological polar surface area (TPSA) is 60.2 Å². The van der Waals surface area contributed by atoms with Gasteiger partial charge in [-0.2, -0.15) is 0 Å². The van der Waals surface area contributed by atoms with Crippen LogP contribution in [-0.2, 0) is 11.3 Å². The number of aryl methyl sites for hydroxylation is 1. The predicted molar refractivity (Wildman–Crippen MR) is 73.8 cm³/mol. The number of nitrogens with two attached hydrogens (primary N) is 1. The lowest BCUT2D eigenvalue weighted by molar-refractivity contribution is 0.185. The first kappa shape index (κ1) is 12.4. The Hall–Kier alpha value is -2.07. The minimum absolute atomic E-state index is 0.601. The number of nitrogen functional groups attached to an aromatic ring is 1. The molecule has 0 saturated heterocycles. The molecule has 4 nitrogen and oxygen atoms in total. The average Bonchev–Trinajstić information content (AvgIpc) is 2.35. The molecule has 1 heterocycles. The van der Waals surface area contributed by atoms with Gasteiger partial charge in [-0.1, -0.05) is 12.1 Å². The summed E-state index contributed by atoms with van der Waals surface area (Å²) in [5.74, 6) is 0.788. The number of hydrogen-bond donors (Lipinski definition) is 2. The molecule has 0 radical (unpaired) electrons. The molecule has 0 unspecified atom stereocenters. The van der Waals surface area contributed by atoms with Crippen molar-refractivity contribution in [2.75, 3.05) is 18.2 Å². The van der Waals surface area contributed by atoms with Crippen molar-refractivity contribution in [1.82, 2.24) is 4.98 Å². The van der Waals surface area contributed by atoms with E-state index in [1.54, 1.807) is 7.11 Å². The Morgan fingerprint density at radius 1 is 1.28 bits per heavy atom. The van der Waals surface area contributed by atoms with E-state index in [1.807, 2.05) is 43.3 Å². The molecule has 0 bridgehead atoms. The van der Waals surface area contributed by atoms with E-state index in [2.05, 4.69) is 10.3 Å². The van der Waals surface area contributed by atoms with Crippen molar-refractivity contribution in [3.05, 3.63) is 47.7 Å². The zero-order valence-corrected chi connectivity index (χ0v) is 10.6. The molecule has 18 heavy (non-hydrogen) atoms. The van der Waals surface area contributed by atoms with Crippen molar-refractivity contribution in [1.29, 1.82) is 0 Å². The first-order valence-electron chi connectivity index (χ1n) is 5.77. The molecule has 0 atom stereocenters. The van der Waals surface area contributed by atoms with Crippen molar-refractivity contribution in [2.45, 2.75) is 13.5 Å². The van der Waals surface area contributed by atoms with Crippen LogP contribution in [0.3, 0.4) is 0 Å². The molecular formula is C14H17N3O. The van der Waals surface area contributed by atoms with Gasteiger partial charge in [-0.05, 0) is 36.8 Å². The fraction of sp³-hybridized carbons (Fsp3) is 0.214. The van der Waals surface area contributed by atoms with E-state index < -0.39 is 0 Å². The van der Waals surface area contributed by atoms with Crippen molar-refractivity contribution in [3.63, 3.8) is 0 Å². The van der Waals surface area contributed by atoms with Crippen LogP contribution >= 0.6 is 0 Å². The van der Waals surface area contributed by atoms with Gasteiger partial charge in [-0.3, -0.25) is 0 Å². The second-order valence-electron chi connectivity index (χ2n) is 4.13. The molecule has 0 spiro atoms. The highest BCUT2D eigenvalue weighted by atomic mass is 16.5. The largest absolute Gasteiger partial charge is 0.397 e. The summed E-state index contributed by atoms with van der Waals surface area (Å²) in [6, 6.07) is 11.8. The summed E-state index contributed by atoms with van der Waals surface area (Å²) in [6.45, 7) is 2.49. The summed E-state index contributed by atoms with van der Waals surface area (Å²) in [5, 5.41) is 3.25. The van der Waals surface area contributed by atoms with Crippen molar-refractivity contribution in [3.8, 4) is 0 Å². The minimum atomic E-state index is 0.601. The van der Waals surface area contributed by atoms with Crippen LogP contribution in [0.15, 0.2) is 36.4 Å². The smallest absolute Gasteiger partial charge is 0.130 e. The van der Waals surface area contributed by atoms with Gasteiger partial charge in [0, 0.05) is 12.8 Å². The third-order valence-corrected chi connectivity index (χ3v) is 2.64. The Bertz CT molecular complexity index is 540. The van der Waals surface area contributed by atoms with Gasteiger partial charge >= 0.3 is 0 Å². The molecule has 1 aromatic carbocycles. The van der Waals surface area contributed by atoms with Crippen LogP contribution in [0.5, 0.6) is 0 Å². The number of rotatable bonds is 4. The fourth-order valence-electron chi connectivity index (χ4n) is 1.69. The third kappa shape index (κ3) is 2.99. The summed E-state index contributed by atoms with van der Waals surface area (Å²) < 4.78 is 5.11. The number of pyridine rings is 1. The number of anilines is 3. The van der Waals surface area contributed by atoms with E-state index in [0.717, 1.165) is 22.8 Å². The lowest BCUT2D eigenvalue weighted by atomic mass is 10.2. The average molecular weight is 243 g/mol. The Morgan fingerprint density at radius 2 is 2.11 bits per heavy atom. The van der Waals surface area contributed by atoms with E-state index in [4.69, 9.17) is 10.5 Å². The highest BCUT2D eigenvalue weighted by Crippen LogP contribution is 2.18. The Morgan fingerprint density at radius 3 is 2.83 bits per heavy atom. The first-order chi connectivity index (χ1) is 8.69. The maximum Gasteiger partial charge on any atom is 0.130 e. The Labute approximate surface area is 107 Å². The number of ether oxygens (including phenoxy) is 1. The van der Waals surface area contributed by atoms with Crippen molar-refractivity contribution >= 4 is 17.2 Å². The van der Waals surface area contributed by atoms with Gasteiger partial charge in [0.1, 0.15) is 5.82 Å². The quantitative estimate of drug-likeness (QED) is 0.866. The lowest BCUT2D eigenvalue weighted by Gasteiger charge is -2.09. The molecule has 0 saturated carbocycles. The molecule has 0 aliphatic carbocycles. The van der Waals surface area contributed by atoms with Crippen LogP contribution in [-0.4, -0.2) is 12.1 Å². The molecular weight excluding hydrogens is 226 g/mol. The van der Waals surface area contributed by atoms with Crippen LogP contribution in [0.1, 0.15) is 11.3 Å². The molecule has 3 N–H and O–H groups in total. The van der Waals surface area contributed by atoms with Crippen LogP contribution in [0, 0.1) is 6.92 Å². The third-order valence-electron chi connectivity index (χ3n) is 2.64. The molecule has 0 amide bonds. The SMILES string of the molecule is COCc1cccc(Nc2ccc(N)c(C)n2)c1. The van der Waals surface area contributed by atoms with Crippen LogP contribution in [0.4, 0.5) is 17.2 Å². The van der Waals surface area contributed by atoms with E-state index in [1.165, 1.54) is 0 Å². The van der Waals surface area contributed by atoms with Gasteiger partial charge in [-0.15, -0.1) is 0 Å². The van der Waals surface area contributed by atoms with Crippen LogP contribution in [0.2, 0.25) is 0 Å². The van der Waals surface area contributed by atoms with Gasteiger partial charge in [0.05, 0.1) is 18.0 Å². The number of aromatic nitrogens is 1. The van der Waals surface area contributed by atoms with Crippen LogP contribution < -0.4 is 11.1 Å². The van der Waals surface area contributed by atoms with Gasteiger partial charge in [0.15, 0.2) is 0 Å². The van der Waals surface area contributed by atoms with Gasteiger partial charge in [-0.25, -0.2) is 4.98 Å². The molecule has 2 aromatic rings. The summed E-state index contributed by atoms with van der Waals surface area (Å²) in [4.78, 5) is 4.38. The monoisotopic (exact) mass is 243 g/mol. The zero-order valence-electron chi connectivity index (χ0n) is 10.6. The maximum atomic E-state index is 5.74. The summed E-state index contributed by atoms with van der Waals surface area (Å²) in [6.07, 6.45) is 0. The molecule has 1 aromatic heterocycles. The predicted octanol–water partition coefficient (Wildman–Crippen LogP) is 2.86. The highest BCUT2D eigenvalue weighted by Gasteiger charge is 2.00. The van der Waals surface area contributed by atoms with E-state index in [9.17, 15) is 0 Å². The maximum absolute atomic E-state index is 5.74. The minimum Gasteiger partial charge on any atom is -0.397 e. The lowest BCUT2D eigenvalue weighted by Crippen LogP contribution is -1.98. The molecule has 0 aliphatic rings. The fourth-order valence-corrected chi connectivity index (χ4v) is 1.69. The Balaban J connectivity index is 2.17. The van der Waals surface area contributed by atoms with E-state index in [-0.39, 0.29) is 0 Å². The first-order valence-corrected chi connectivity index (χ1v) is 5.77. The number of methoxy groups -OCH3 is 1. The number of benzene rings is 1. The normalized spacial score (nSPS) is 10.3. The van der Waals surface area contributed by atoms with Crippen LogP contribution in [0.25, 0.3) is 0 Å². The number of nitrogens with zero attached hydrogens (tertiary/aromatic N) is 1. The number of nitrogens with one attached hydrogen (secondary N) is 1. The number of hydrogen-bond acceptors (Lipinski definition) is 4. The molecule has 2 rings (SSSR count). The second kappa shape index (κ2) is 5.51. The molecule has 94 valence electrons. The summed E-state index contributed by atoms with van der Waals surface area (Å²) >= 11 is 0. The standard InChI is InChI=1S/C14H17N3O/c1-10-13(15)6-7-14(16-10)17-12-5-3-4-11(8-12)9-18-2/h3-8H,9,15H2,1-2H3,(H,16,17). The Kier molecular flexibility index (Phi) is 3.79. The molecule has 0 fully saturated rings. The van der Waals surface area contributed by atoms with Gasteiger partial charge < -0.3 is 15.8 Å². The van der Waals surface area contributed by atoms with Gasteiger partial charge in [0.2, 0.25) is 0 Å². The second-order valence-corrected chi connectivity index (χ2v) is 4.13.